The Kier molecular flexibility index (Phi) is 8.10. The molecule has 0 spiro atoms. The molecular formula is C34H31N5O4S. The number of hydrogen-bond donors (Lipinski definition) is 3. The van der Waals surface area contributed by atoms with Gasteiger partial charge in [-0.1, -0.05) is 12.1 Å². The first-order valence-corrected chi connectivity index (χ1v) is 15.1. The Balaban J connectivity index is 1.10. The lowest BCUT2D eigenvalue weighted by molar-refractivity contribution is -0.110. The lowest BCUT2D eigenvalue weighted by Crippen LogP contribution is -2.44. The van der Waals surface area contributed by atoms with Gasteiger partial charge in [-0.25, -0.2) is 0 Å². The molecule has 0 radical (unpaired) electrons. The van der Waals surface area contributed by atoms with Crippen molar-refractivity contribution in [3.8, 4) is 0 Å². The van der Waals surface area contributed by atoms with Gasteiger partial charge in [-0.2, -0.15) is 0 Å². The summed E-state index contributed by atoms with van der Waals surface area (Å²) in [6.07, 6.45) is 1.69. The molecule has 6 rings (SSSR count). The number of fused-ring (bicyclic) bond motifs is 1. The summed E-state index contributed by atoms with van der Waals surface area (Å²) in [4.78, 5) is 55.7. The number of rotatable bonds is 8. The van der Waals surface area contributed by atoms with E-state index in [9.17, 15) is 19.2 Å². The van der Waals surface area contributed by atoms with Crippen LogP contribution in [0, 0.1) is 0 Å². The van der Waals surface area contributed by atoms with Crippen LogP contribution in [-0.2, 0) is 4.79 Å². The Labute approximate surface area is 259 Å². The molecule has 4 aromatic rings. The molecule has 9 nitrogen and oxygen atoms in total. The third kappa shape index (κ3) is 6.17. The largest absolute Gasteiger partial charge is 0.369 e. The highest BCUT2D eigenvalue weighted by molar-refractivity contribution is 7.16. The molecule has 1 aromatic heterocycles. The standard InChI is InChI=1S/C34H31N5O4S/c1-21(40)30-13-14-31(44-30)34(43)36-25-6-3-22(4-7-25)32(41)23-5-12-27-28(33(42)37-29(27)19-23)20-35-24-8-10-26(11-9-24)39-17-15-38(2)16-18-39/h3-14,19-20,35H,15-18H2,1-2H3,(H,36,43)(H,37,42)/b28-20+. The number of nitrogens with one attached hydrogen (secondary N) is 3. The molecule has 3 aromatic carbocycles. The van der Waals surface area contributed by atoms with Crippen molar-refractivity contribution in [1.82, 2.24) is 4.90 Å². The highest BCUT2D eigenvalue weighted by atomic mass is 32.1. The Morgan fingerprint density at radius 1 is 0.818 bits per heavy atom. The van der Waals surface area contributed by atoms with Gasteiger partial charge >= 0.3 is 0 Å². The number of likely N-dealkylation sites (N-methyl/N-ethyl adjacent to an activating group) is 1. The molecule has 10 heteroatoms. The number of Topliss-reactive ketones (excluding diaryl/α,β-unsaturated/α-hetero) is 1. The molecule has 1 fully saturated rings. The van der Waals surface area contributed by atoms with Gasteiger partial charge in [0, 0.05) is 71.8 Å². The average Bonchev–Trinajstić information content (AvgIpc) is 3.65. The molecular weight excluding hydrogens is 574 g/mol. The highest BCUT2D eigenvalue weighted by Gasteiger charge is 2.25. The van der Waals surface area contributed by atoms with E-state index in [-0.39, 0.29) is 23.4 Å². The molecule has 2 aliphatic heterocycles. The number of benzene rings is 3. The highest BCUT2D eigenvalue weighted by Crippen LogP contribution is 2.33. The van der Waals surface area contributed by atoms with Crippen LogP contribution in [0.1, 0.15) is 47.8 Å². The van der Waals surface area contributed by atoms with Crippen molar-refractivity contribution in [3.05, 3.63) is 112 Å². The van der Waals surface area contributed by atoms with E-state index >= 15 is 0 Å². The Morgan fingerprint density at radius 2 is 1.48 bits per heavy atom. The molecule has 0 saturated carbocycles. The second-order valence-corrected chi connectivity index (χ2v) is 11.9. The zero-order valence-electron chi connectivity index (χ0n) is 24.3. The number of amides is 2. The monoisotopic (exact) mass is 605 g/mol. The zero-order valence-corrected chi connectivity index (χ0v) is 25.2. The fourth-order valence-electron chi connectivity index (χ4n) is 5.18. The van der Waals surface area contributed by atoms with E-state index in [0.29, 0.717) is 43.4 Å². The van der Waals surface area contributed by atoms with Gasteiger partial charge < -0.3 is 25.8 Å². The topological polar surface area (TPSA) is 111 Å². The molecule has 3 heterocycles. The lowest BCUT2D eigenvalue weighted by Gasteiger charge is -2.34. The molecule has 0 atom stereocenters. The van der Waals surface area contributed by atoms with Crippen molar-refractivity contribution in [1.29, 1.82) is 0 Å². The van der Waals surface area contributed by atoms with Gasteiger partial charge in [-0.05, 0) is 80.7 Å². The van der Waals surface area contributed by atoms with Crippen molar-refractivity contribution in [3.63, 3.8) is 0 Å². The number of anilines is 4. The van der Waals surface area contributed by atoms with Crippen molar-refractivity contribution in [2.45, 2.75) is 6.92 Å². The van der Waals surface area contributed by atoms with E-state index in [1.807, 2.05) is 12.1 Å². The van der Waals surface area contributed by atoms with Gasteiger partial charge in [-0.15, -0.1) is 11.3 Å². The molecule has 2 aliphatic rings. The molecule has 0 aliphatic carbocycles. The summed E-state index contributed by atoms with van der Waals surface area (Å²) in [7, 11) is 2.14. The Hall–Kier alpha value is -5.06. The van der Waals surface area contributed by atoms with E-state index in [4.69, 9.17) is 0 Å². The van der Waals surface area contributed by atoms with Gasteiger partial charge in [0.1, 0.15) is 0 Å². The van der Waals surface area contributed by atoms with Gasteiger partial charge in [0.05, 0.1) is 15.3 Å². The van der Waals surface area contributed by atoms with Crippen LogP contribution in [0.25, 0.3) is 5.57 Å². The lowest BCUT2D eigenvalue weighted by atomic mass is 9.99. The maximum Gasteiger partial charge on any atom is 0.265 e. The second-order valence-electron chi connectivity index (χ2n) is 10.8. The van der Waals surface area contributed by atoms with Gasteiger partial charge in [0.15, 0.2) is 11.6 Å². The Bertz CT molecular complexity index is 1790. The first kappa shape index (κ1) is 29.0. The number of carbonyl (C=O) groups is 4. The minimum absolute atomic E-state index is 0.0885. The van der Waals surface area contributed by atoms with Crippen LogP contribution < -0.4 is 20.9 Å². The quantitative estimate of drug-likeness (QED) is 0.177. The van der Waals surface area contributed by atoms with Crippen LogP contribution in [0.4, 0.5) is 22.7 Å². The maximum atomic E-state index is 13.2. The number of hydrogen-bond acceptors (Lipinski definition) is 8. The molecule has 0 unspecified atom stereocenters. The van der Waals surface area contributed by atoms with Crippen molar-refractivity contribution in [2.75, 3.05) is 54.1 Å². The third-order valence-electron chi connectivity index (χ3n) is 7.77. The fourth-order valence-corrected chi connectivity index (χ4v) is 5.98. The number of ketones is 2. The van der Waals surface area contributed by atoms with E-state index in [1.54, 1.807) is 60.8 Å². The van der Waals surface area contributed by atoms with Gasteiger partial charge in [0.25, 0.3) is 11.8 Å². The van der Waals surface area contributed by atoms with E-state index in [0.717, 1.165) is 43.2 Å². The summed E-state index contributed by atoms with van der Waals surface area (Å²) >= 11 is 1.13. The van der Waals surface area contributed by atoms with Crippen molar-refractivity contribution < 1.29 is 19.2 Å². The first-order valence-electron chi connectivity index (χ1n) is 14.3. The molecule has 3 N–H and O–H groups in total. The van der Waals surface area contributed by atoms with Gasteiger partial charge in [-0.3, -0.25) is 19.2 Å². The summed E-state index contributed by atoms with van der Waals surface area (Å²) in [6, 6.07) is 23.2. The van der Waals surface area contributed by atoms with Crippen molar-refractivity contribution >= 4 is 63.0 Å². The SMILES string of the molecule is CC(=O)c1ccc(C(=O)Nc2ccc(C(=O)c3ccc4c(c3)NC(=O)/C4=C/Nc3ccc(N4CCN(C)CC4)cc3)cc2)s1. The summed E-state index contributed by atoms with van der Waals surface area (Å²) in [6.45, 7) is 5.54. The minimum atomic E-state index is -0.322. The number of carbonyl (C=O) groups excluding carboxylic acids is 4. The molecule has 44 heavy (non-hydrogen) atoms. The second kappa shape index (κ2) is 12.3. The van der Waals surface area contributed by atoms with Crippen LogP contribution in [0.5, 0.6) is 0 Å². The third-order valence-corrected chi connectivity index (χ3v) is 8.95. The van der Waals surface area contributed by atoms with Crippen LogP contribution in [0.3, 0.4) is 0 Å². The number of piperazine rings is 1. The normalized spacial score (nSPS) is 15.5. The number of nitrogens with zero attached hydrogens (tertiary/aromatic N) is 2. The Morgan fingerprint density at radius 3 is 2.16 bits per heavy atom. The fraction of sp³-hybridized carbons (Fsp3) is 0.176. The molecule has 222 valence electrons. The van der Waals surface area contributed by atoms with E-state index in [2.05, 4.69) is 44.9 Å². The van der Waals surface area contributed by atoms with Crippen LogP contribution >= 0.6 is 11.3 Å². The van der Waals surface area contributed by atoms with Crippen LogP contribution in [0.15, 0.2) is 85.1 Å². The summed E-state index contributed by atoms with van der Waals surface area (Å²) < 4.78 is 0. The van der Waals surface area contributed by atoms with Crippen LogP contribution in [0.2, 0.25) is 0 Å². The zero-order chi connectivity index (χ0) is 30.8. The van der Waals surface area contributed by atoms with Gasteiger partial charge in [0.2, 0.25) is 0 Å². The summed E-state index contributed by atoms with van der Waals surface area (Å²) in [5.41, 5.74) is 5.24. The van der Waals surface area contributed by atoms with Crippen LogP contribution in [-0.4, -0.2) is 61.5 Å². The van der Waals surface area contributed by atoms with E-state index in [1.165, 1.54) is 12.6 Å². The predicted molar refractivity (Wildman–Crippen MR) is 175 cm³/mol. The maximum absolute atomic E-state index is 13.2. The summed E-state index contributed by atoms with van der Waals surface area (Å²) in [5.74, 6) is -0.862. The number of thiophene rings is 1. The predicted octanol–water partition coefficient (Wildman–Crippen LogP) is 5.59. The minimum Gasteiger partial charge on any atom is -0.369 e. The molecule has 1 saturated heterocycles. The first-order chi connectivity index (χ1) is 21.2. The smallest absolute Gasteiger partial charge is 0.265 e. The van der Waals surface area contributed by atoms with E-state index < -0.39 is 0 Å². The molecule has 0 bridgehead atoms. The average molecular weight is 606 g/mol. The van der Waals surface area contributed by atoms with Crippen molar-refractivity contribution in [2.24, 2.45) is 0 Å². The summed E-state index contributed by atoms with van der Waals surface area (Å²) in [5, 5.41) is 8.88. The molecule has 2 amide bonds.